The van der Waals surface area contributed by atoms with E-state index >= 15 is 4.39 Å². The van der Waals surface area contributed by atoms with Crippen LogP contribution in [-0.4, -0.2) is 17.6 Å². The summed E-state index contributed by atoms with van der Waals surface area (Å²) in [6, 6.07) is 31.0. The molecule has 5 aromatic rings. The van der Waals surface area contributed by atoms with Crippen LogP contribution in [0.25, 0.3) is 22.5 Å². The van der Waals surface area contributed by atoms with Crippen molar-refractivity contribution in [2.75, 3.05) is 6.54 Å². The molecular weight excluding hydrogens is 495 g/mol. The lowest BCUT2D eigenvalue weighted by molar-refractivity contribution is 0.0947. The molecule has 1 amide bonds. The van der Waals surface area contributed by atoms with Crippen molar-refractivity contribution in [3.63, 3.8) is 0 Å². The summed E-state index contributed by atoms with van der Waals surface area (Å²) in [5.74, 6) is 0.453. The maximum absolute atomic E-state index is 15.0. The number of carbonyl (C=O) groups is 1. The number of hydrogen-bond donors (Lipinski definition) is 1. The zero-order chi connectivity index (χ0) is 27.0. The Bertz CT molecular complexity index is 1550. The first-order valence-electron chi connectivity index (χ1n) is 12.6. The Morgan fingerprint density at radius 3 is 1.97 bits per heavy atom. The lowest BCUT2D eigenvalue weighted by Gasteiger charge is -2.17. The first-order valence-corrected chi connectivity index (χ1v) is 12.6. The SMILES string of the molecule is CCNC(=O)c1cc(-c2cc(-c3ccccc3F)c(OCc3ccccc3)cc2OCc2ccccc2)on1. The molecule has 0 saturated carbocycles. The van der Waals surface area contributed by atoms with Gasteiger partial charge in [-0.15, -0.1) is 0 Å². The van der Waals surface area contributed by atoms with E-state index in [0.717, 1.165) is 11.1 Å². The second kappa shape index (κ2) is 12.1. The summed E-state index contributed by atoms with van der Waals surface area (Å²) in [5.41, 5.74) is 3.46. The summed E-state index contributed by atoms with van der Waals surface area (Å²) < 4.78 is 33.1. The van der Waals surface area contributed by atoms with E-state index in [0.29, 0.717) is 40.5 Å². The quantitative estimate of drug-likeness (QED) is 0.213. The Morgan fingerprint density at radius 2 is 1.36 bits per heavy atom. The maximum atomic E-state index is 15.0. The molecular formula is C32H27FN2O4. The predicted molar refractivity (Wildman–Crippen MR) is 147 cm³/mol. The lowest BCUT2D eigenvalue weighted by atomic mass is 9.99. The van der Waals surface area contributed by atoms with Gasteiger partial charge in [0.2, 0.25) is 0 Å². The normalized spacial score (nSPS) is 10.7. The van der Waals surface area contributed by atoms with Crippen molar-refractivity contribution < 1.29 is 23.2 Å². The minimum Gasteiger partial charge on any atom is -0.488 e. The van der Waals surface area contributed by atoms with Crippen molar-refractivity contribution in [2.24, 2.45) is 0 Å². The van der Waals surface area contributed by atoms with E-state index in [1.807, 2.05) is 67.6 Å². The highest BCUT2D eigenvalue weighted by atomic mass is 19.1. The van der Waals surface area contributed by atoms with E-state index < -0.39 is 5.82 Å². The van der Waals surface area contributed by atoms with Gasteiger partial charge in [0.25, 0.3) is 5.91 Å². The van der Waals surface area contributed by atoms with Gasteiger partial charge in [0.1, 0.15) is 30.5 Å². The topological polar surface area (TPSA) is 73.6 Å². The van der Waals surface area contributed by atoms with E-state index in [1.54, 1.807) is 36.4 Å². The fourth-order valence-corrected chi connectivity index (χ4v) is 4.11. The van der Waals surface area contributed by atoms with Crippen LogP contribution in [0, 0.1) is 5.82 Å². The first kappa shape index (κ1) is 25.7. The van der Waals surface area contributed by atoms with Crippen LogP contribution < -0.4 is 14.8 Å². The van der Waals surface area contributed by atoms with Gasteiger partial charge in [0.15, 0.2) is 11.5 Å². The van der Waals surface area contributed by atoms with Crippen molar-refractivity contribution in [1.82, 2.24) is 10.5 Å². The van der Waals surface area contributed by atoms with E-state index in [2.05, 4.69) is 10.5 Å². The van der Waals surface area contributed by atoms with Crippen molar-refractivity contribution in [1.29, 1.82) is 0 Å². The number of benzene rings is 4. The van der Waals surface area contributed by atoms with Gasteiger partial charge in [-0.2, -0.15) is 0 Å². The summed E-state index contributed by atoms with van der Waals surface area (Å²) in [6.07, 6.45) is 0. The van der Waals surface area contributed by atoms with E-state index in [-0.39, 0.29) is 24.8 Å². The molecule has 5 rings (SSSR count). The minimum absolute atomic E-state index is 0.137. The average molecular weight is 523 g/mol. The van der Waals surface area contributed by atoms with Crippen molar-refractivity contribution >= 4 is 5.91 Å². The number of aromatic nitrogens is 1. The highest BCUT2D eigenvalue weighted by molar-refractivity contribution is 5.93. The van der Waals surface area contributed by atoms with Crippen molar-refractivity contribution in [2.45, 2.75) is 20.1 Å². The van der Waals surface area contributed by atoms with Crippen LogP contribution in [-0.2, 0) is 13.2 Å². The molecule has 0 spiro atoms. The first-order chi connectivity index (χ1) is 19.1. The summed E-state index contributed by atoms with van der Waals surface area (Å²) >= 11 is 0. The van der Waals surface area contributed by atoms with Gasteiger partial charge in [-0.3, -0.25) is 4.79 Å². The van der Waals surface area contributed by atoms with Gasteiger partial charge < -0.3 is 19.3 Å². The highest BCUT2D eigenvalue weighted by Gasteiger charge is 2.22. The van der Waals surface area contributed by atoms with Gasteiger partial charge in [-0.1, -0.05) is 84.0 Å². The Morgan fingerprint density at radius 1 is 0.769 bits per heavy atom. The van der Waals surface area contributed by atoms with Gasteiger partial charge >= 0.3 is 0 Å². The monoisotopic (exact) mass is 522 g/mol. The molecule has 1 N–H and O–H groups in total. The number of amides is 1. The molecule has 39 heavy (non-hydrogen) atoms. The number of hydrogen-bond acceptors (Lipinski definition) is 5. The molecule has 0 atom stereocenters. The molecule has 0 radical (unpaired) electrons. The number of nitrogens with one attached hydrogen (secondary N) is 1. The van der Waals surface area contributed by atoms with Crippen molar-refractivity contribution in [3.8, 4) is 33.9 Å². The molecule has 4 aromatic carbocycles. The van der Waals surface area contributed by atoms with E-state index in [9.17, 15) is 4.79 Å². The average Bonchev–Trinajstić information content (AvgIpc) is 3.47. The fraction of sp³-hybridized carbons (Fsp3) is 0.125. The maximum Gasteiger partial charge on any atom is 0.273 e. The molecule has 1 aromatic heterocycles. The van der Waals surface area contributed by atoms with Crippen LogP contribution in [0.3, 0.4) is 0 Å². The fourth-order valence-electron chi connectivity index (χ4n) is 4.11. The Balaban J connectivity index is 1.60. The van der Waals surface area contributed by atoms with Crippen LogP contribution in [0.1, 0.15) is 28.5 Å². The minimum atomic E-state index is -0.397. The molecule has 0 unspecified atom stereocenters. The van der Waals surface area contributed by atoms with Crippen LogP contribution in [0.15, 0.2) is 108 Å². The van der Waals surface area contributed by atoms with Crippen LogP contribution in [0.5, 0.6) is 11.5 Å². The second-order valence-electron chi connectivity index (χ2n) is 8.81. The number of carbonyl (C=O) groups excluding carboxylic acids is 1. The predicted octanol–water partition coefficient (Wildman–Crippen LogP) is 7.06. The van der Waals surface area contributed by atoms with Gasteiger partial charge in [0, 0.05) is 29.8 Å². The molecule has 0 aliphatic heterocycles. The van der Waals surface area contributed by atoms with Gasteiger partial charge in [0.05, 0.1) is 5.56 Å². The molecule has 0 fully saturated rings. The standard InChI is InChI=1S/C32H27FN2O4/c1-2-34-32(36)28-18-31(39-35-28)26-17-25(24-15-9-10-16-27(24)33)29(37-20-22-11-5-3-6-12-22)19-30(26)38-21-23-13-7-4-8-14-23/h3-19H,2,20-21H2,1H3,(H,34,36). The van der Waals surface area contributed by atoms with Crippen LogP contribution in [0.2, 0.25) is 0 Å². The number of ether oxygens (including phenoxy) is 2. The molecule has 196 valence electrons. The third kappa shape index (κ3) is 6.15. The Hall–Kier alpha value is -4.91. The Labute approximate surface area is 226 Å². The zero-order valence-electron chi connectivity index (χ0n) is 21.4. The van der Waals surface area contributed by atoms with Crippen LogP contribution in [0.4, 0.5) is 4.39 Å². The summed E-state index contributed by atoms with van der Waals surface area (Å²) in [6.45, 7) is 2.84. The largest absolute Gasteiger partial charge is 0.488 e. The van der Waals surface area contributed by atoms with Crippen LogP contribution >= 0.6 is 0 Å². The summed E-state index contributed by atoms with van der Waals surface area (Å²) in [7, 11) is 0. The zero-order valence-corrected chi connectivity index (χ0v) is 21.4. The van der Waals surface area contributed by atoms with Gasteiger partial charge in [-0.25, -0.2) is 4.39 Å². The number of rotatable bonds is 10. The third-order valence-corrected chi connectivity index (χ3v) is 6.07. The number of halogens is 1. The van der Waals surface area contributed by atoms with Crippen molar-refractivity contribution in [3.05, 3.63) is 126 Å². The molecule has 0 aliphatic carbocycles. The highest BCUT2D eigenvalue weighted by Crippen LogP contribution is 2.42. The van der Waals surface area contributed by atoms with Gasteiger partial charge in [-0.05, 0) is 30.2 Å². The van der Waals surface area contributed by atoms with E-state index in [1.165, 1.54) is 6.07 Å². The molecule has 0 aliphatic rings. The molecule has 6 nitrogen and oxygen atoms in total. The number of nitrogens with zero attached hydrogens (tertiary/aromatic N) is 1. The molecule has 7 heteroatoms. The molecule has 0 saturated heterocycles. The molecule has 0 bridgehead atoms. The Kier molecular flexibility index (Phi) is 7.98. The molecule has 1 heterocycles. The summed E-state index contributed by atoms with van der Waals surface area (Å²) in [4.78, 5) is 12.4. The third-order valence-electron chi connectivity index (χ3n) is 6.07. The van der Waals surface area contributed by atoms with E-state index in [4.69, 9.17) is 14.0 Å². The smallest absolute Gasteiger partial charge is 0.273 e. The summed E-state index contributed by atoms with van der Waals surface area (Å²) in [5, 5.41) is 6.65. The second-order valence-corrected chi connectivity index (χ2v) is 8.81. The lowest BCUT2D eigenvalue weighted by Crippen LogP contribution is -2.22.